The molecule has 3 heterocycles. The molecule has 0 spiro atoms. The minimum absolute atomic E-state index is 0.0132. The molecule has 0 atom stereocenters. The molecule has 0 radical (unpaired) electrons. The molecule has 3 aromatic heterocycles. The highest BCUT2D eigenvalue weighted by molar-refractivity contribution is 7.90. The van der Waals surface area contributed by atoms with Gasteiger partial charge in [-0.25, -0.2) is 22.0 Å². The van der Waals surface area contributed by atoms with Crippen molar-refractivity contribution in [1.29, 1.82) is 5.26 Å². The van der Waals surface area contributed by atoms with E-state index in [9.17, 15) is 28.4 Å². The van der Waals surface area contributed by atoms with Gasteiger partial charge in [-0.05, 0) is 36.4 Å². The van der Waals surface area contributed by atoms with E-state index in [-0.39, 0.29) is 44.1 Å². The molecule has 0 aliphatic rings. The second-order valence-corrected chi connectivity index (χ2v) is 10.3. The van der Waals surface area contributed by atoms with Gasteiger partial charge in [0.15, 0.2) is 9.84 Å². The number of nitrogens with zero attached hydrogens (tertiary/aromatic N) is 2. The van der Waals surface area contributed by atoms with E-state index in [1.54, 1.807) is 6.07 Å². The van der Waals surface area contributed by atoms with Crippen LogP contribution in [0.25, 0.3) is 33.0 Å². The first-order valence-corrected chi connectivity index (χ1v) is 12.5. The normalized spacial score (nSPS) is 11.7. The number of nitrogens with one attached hydrogen (secondary N) is 1. The van der Waals surface area contributed by atoms with E-state index >= 15 is 8.78 Å². The fourth-order valence-electron chi connectivity index (χ4n) is 4.46. The Bertz CT molecular complexity index is 1980. The number of halogens is 2. The Balaban J connectivity index is 1.90. The van der Waals surface area contributed by atoms with Gasteiger partial charge in [-0.15, -0.1) is 0 Å². The summed E-state index contributed by atoms with van der Waals surface area (Å²) >= 11 is 0. The Morgan fingerprint density at radius 1 is 1.22 bits per heavy atom. The van der Waals surface area contributed by atoms with Gasteiger partial charge in [0, 0.05) is 23.6 Å². The summed E-state index contributed by atoms with van der Waals surface area (Å²) in [4.78, 5) is 27.2. The standard InChI is InChI=1S/C25H15F2N3O6S/c1-37(34,35)19-9-16(26)13(7-12(19)10-28)11-30-18-8-17(27)14-4-6-36-23(14)21(18)20(22(30)25(32)33)15-3-2-5-29-24(15)31/h2-9H,11H2,1H3,(H,29,31)(H,32,33). The summed E-state index contributed by atoms with van der Waals surface area (Å²) in [6.45, 7) is -0.529. The van der Waals surface area contributed by atoms with Gasteiger partial charge in [0.1, 0.15) is 29.0 Å². The van der Waals surface area contributed by atoms with Crippen molar-refractivity contribution in [2.24, 2.45) is 0 Å². The van der Waals surface area contributed by atoms with Crippen molar-refractivity contribution in [1.82, 2.24) is 9.55 Å². The van der Waals surface area contributed by atoms with E-state index in [1.807, 2.05) is 0 Å². The highest BCUT2D eigenvalue weighted by Gasteiger charge is 2.29. The number of fused-ring (bicyclic) bond motifs is 3. The molecule has 9 nitrogen and oxygen atoms in total. The zero-order valence-corrected chi connectivity index (χ0v) is 19.7. The number of nitriles is 1. The van der Waals surface area contributed by atoms with Crippen LogP contribution in [-0.4, -0.2) is 35.3 Å². The molecule has 0 fully saturated rings. The van der Waals surface area contributed by atoms with Crippen molar-refractivity contribution in [3.63, 3.8) is 0 Å². The summed E-state index contributed by atoms with van der Waals surface area (Å²) in [6.07, 6.45) is 3.40. The van der Waals surface area contributed by atoms with Crippen molar-refractivity contribution in [2.75, 3.05) is 6.26 Å². The third kappa shape index (κ3) is 3.76. The average Bonchev–Trinajstić information content (AvgIpc) is 3.44. The van der Waals surface area contributed by atoms with E-state index in [0.717, 1.165) is 23.0 Å². The van der Waals surface area contributed by atoms with Crippen LogP contribution >= 0.6 is 0 Å². The number of H-pyrrole nitrogens is 1. The lowest BCUT2D eigenvalue weighted by Crippen LogP contribution is -2.14. The first kappa shape index (κ1) is 24.0. The maximum Gasteiger partial charge on any atom is 0.353 e. The average molecular weight is 523 g/mol. The van der Waals surface area contributed by atoms with Gasteiger partial charge in [0.05, 0.1) is 45.1 Å². The van der Waals surface area contributed by atoms with E-state index in [2.05, 4.69) is 4.98 Å². The van der Waals surface area contributed by atoms with Crippen molar-refractivity contribution in [3.8, 4) is 17.2 Å². The molecular weight excluding hydrogens is 508 g/mol. The number of hydrogen-bond acceptors (Lipinski definition) is 6. The number of sulfone groups is 1. The number of pyridine rings is 1. The summed E-state index contributed by atoms with van der Waals surface area (Å²) in [5.74, 6) is -3.26. The first-order valence-electron chi connectivity index (χ1n) is 10.6. The fourth-order valence-corrected chi connectivity index (χ4v) is 5.28. The zero-order chi connectivity index (χ0) is 26.6. The Kier molecular flexibility index (Phi) is 5.45. The maximum absolute atomic E-state index is 15.1. The Labute approximate surface area is 206 Å². The molecule has 0 amide bonds. The van der Waals surface area contributed by atoms with Crippen LogP contribution in [-0.2, 0) is 16.4 Å². The summed E-state index contributed by atoms with van der Waals surface area (Å²) in [5, 5.41) is 19.8. The van der Waals surface area contributed by atoms with Crippen LogP contribution in [0.2, 0.25) is 0 Å². The highest BCUT2D eigenvalue weighted by atomic mass is 32.2. The summed E-state index contributed by atoms with van der Waals surface area (Å²) in [5.41, 5.74) is -1.79. The quantitative estimate of drug-likeness (QED) is 0.353. The Morgan fingerprint density at radius 2 is 1.97 bits per heavy atom. The molecule has 37 heavy (non-hydrogen) atoms. The van der Waals surface area contributed by atoms with Crippen LogP contribution < -0.4 is 5.56 Å². The largest absolute Gasteiger partial charge is 0.477 e. The number of furan rings is 1. The number of carboxylic acid groups (broad SMARTS) is 1. The molecule has 0 saturated carbocycles. The van der Waals surface area contributed by atoms with Crippen LogP contribution in [0.15, 0.2) is 63.0 Å². The number of carbonyl (C=O) groups is 1. The van der Waals surface area contributed by atoms with Gasteiger partial charge in [-0.3, -0.25) is 4.79 Å². The molecule has 2 aromatic carbocycles. The van der Waals surface area contributed by atoms with Crippen molar-refractivity contribution in [3.05, 3.63) is 87.7 Å². The van der Waals surface area contributed by atoms with Gasteiger partial charge in [0.2, 0.25) is 0 Å². The molecule has 0 aliphatic heterocycles. The zero-order valence-electron chi connectivity index (χ0n) is 18.9. The molecule has 2 N–H and O–H groups in total. The Hall–Kier alpha value is -4.76. The number of aromatic carboxylic acids is 1. The van der Waals surface area contributed by atoms with Gasteiger partial charge in [0.25, 0.3) is 5.56 Å². The molecule has 0 saturated heterocycles. The van der Waals surface area contributed by atoms with Crippen LogP contribution in [0.1, 0.15) is 21.6 Å². The molecule has 5 aromatic rings. The van der Waals surface area contributed by atoms with Gasteiger partial charge < -0.3 is 19.1 Å². The molecule has 5 rings (SSSR count). The van der Waals surface area contributed by atoms with Crippen LogP contribution in [0.4, 0.5) is 8.78 Å². The monoisotopic (exact) mass is 523 g/mol. The number of benzene rings is 2. The number of aromatic amines is 1. The third-order valence-corrected chi connectivity index (χ3v) is 7.14. The van der Waals surface area contributed by atoms with Crippen LogP contribution in [0.5, 0.6) is 0 Å². The Morgan fingerprint density at radius 3 is 2.62 bits per heavy atom. The van der Waals surface area contributed by atoms with Gasteiger partial charge in [-0.1, -0.05) is 0 Å². The predicted octanol–water partition coefficient (Wildman–Crippen LogP) is 4.04. The lowest BCUT2D eigenvalue weighted by atomic mass is 10.0. The lowest BCUT2D eigenvalue weighted by Gasteiger charge is -2.12. The molecule has 186 valence electrons. The molecule has 0 aliphatic carbocycles. The summed E-state index contributed by atoms with van der Waals surface area (Å²) < 4.78 is 60.7. The number of rotatable bonds is 5. The van der Waals surface area contributed by atoms with Crippen LogP contribution in [0, 0.1) is 23.0 Å². The van der Waals surface area contributed by atoms with Gasteiger partial charge >= 0.3 is 5.97 Å². The van der Waals surface area contributed by atoms with Crippen molar-refractivity contribution in [2.45, 2.75) is 11.4 Å². The van der Waals surface area contributed by atoms with Crippen molar-refractivity contribution < 1.29 is 31.5 Å². The predicted molar refractivity (Wildman–Crippen MR) is 128 cm³/mol. The molecule has 12 heteroatoms. The second-order valence-electron chi connectivity index (χ2n) is 8.27. The van der Waals surface area contributed by atoms with Crippen LogP contribution in [0.3, 0.4) is 0 Å². The molecular formula is C25H15F2N3O6S. The summed E-state index contributed by atoms with van der Waals surface area (Å²) in [7, 11) is -3.94. The smallest absolute Gasteiger partial charge is 0.353 e. The van der Waals surface area contributed by atoms with Gasteiger partial charge in [-0.2, -0.15) is 5.26 Å². The van der Waals surface area contributed by atoms with Crippen molar-refractivity contribution >= 4 is 37.7 Å². The minimum Gasteiger partial charge on any atom is -0.477 e. The maximum atomic E-state index is 15.1. The molecule has 0 bridgehead atoms. The fraction of sp³-hybridized carbons (Fsp3) is 0.0800. The van der Waals surface area contributed by atoms with E-state index in [1.165, 1.54) is 30.7 Å². The first-order chi connectivity index (χ1) is 17.5. The van der Waals surface area contributed by atoms with E-state index in [4.69, 9.17) is 4.42 Å². The lowest BCUT2D eigenvalue weighted by molar-refractivity contribution is 0.0687. The summed E-state index contributed by atoms with van der Waals surface area (Å²) in [6, 6.07) is 8.66. The number of hydrogen-bond donors (Lipinski definition) is 2. The minimum atomic E-state index is -3.94. The van der Waals surface area contributed by atoms with E-state index in [0.29, 0.717) is 6.07 Å². The topological polar surface area (TPSA) is 146 Å². The molecule has 0 unspecified atom stereocenters. The highest BCUT2D eigenvalue weighted by Crippen LogP contribution is 2.40. The third-order valence-electron chi connectivity index (χ3n) is 6.00. The number of carboxylic acids is 1. The second kappa shape index (κ2) is 8.42. The SMILES string of the molecule is CS(=O)(=O)c1cc(F)c(Cn2c(C(=O)O)c(-c3ccc[nH]c3=O)c3c4occc4c(F)cc32)cc1C#N. The van der Waals surface area contributed by atoms with E-state index < -0.39 is 50.1 Å². The number of aromatic nitrogens is 2.